The van der Waals surface area contributed by atoms with Gasteiger partial charge in [-0.15, -0.1) is 0 Å². The molecule has 0 aromatic heterocycles. The van der Waals surface area contributed by atoms with E-state index in [1.165, 1.54) is 24.0 Å². The predicted molar refractivity (Wildman–Crippen MR) is 118 cm³/mol. The van der Waals surface area contributed by atoms with Gasteiger partial charge in [0.1, 0.15) is 0 Å². The van der Waals surface area contributed by atoms with Crippen LogP contribution in [0.15, 0.2) is 42.5 Å². The van der Waals surface area contributed by atoms with Crippen LogP contribution in [-0.2, 0) is 27.2 Å². The van der Waals surface area contributed by atoms with Crippen molar-refractivity contribution in [2.24, 2.45) is 0 Å². The third-order valence-corrected chi connectivity index (χ3v) is 5.93. The Balaban J connectivity index is 1.40. The Labute approximate surface area is 177 Å². The number of hydrogen-bond donors (Lipinski definition) is 2. The number of morpholine rings is 1. The smallest absolute Gasteiger partial charge is 0.313 e. The summed E-state index contributed by atoms with van der Waals surface area (Å²) in [5.41, 5.74) is 5.35. The lowest BCUT2D eigenvalue weighted by Crippen LogP contribution is -2.39. The second kappa shape index (κ2) is 9.30. The molecule has 6 nitrogen and oxygen atoms in total. The molecule has 2 N–H and O–H groups in total. The van der Waals surface area contributed by atoms with Crippen LogP contribution in [0.4, 0.5) is 11.4 Å². The molecule has 4 rings (SSSR count). The first-order chi connectivity index (χ1) is 14.6. The fourth-order valence-corrected chi connectivity index (χ4v) is 4.21. The standard InChI is InChI=1S/C24H29N3O3/c1-17(19-11-10-18-6-2-3-7-20(18)16-19)25-23(28)24(29)26-21-8-4-5-9-22(21)27-12-14-30-15-13-27/h4-5,8-11,16-17H,2-3,6-7,12-15H2,1H3,(H,25,28)(H,26,29). The van der Waals surface area contributed by atoms with Crippen molar-refractivity contribution in [3.05, 3.63) is 59.2 Å². The molecule has 1 fully saturated rings. The van der Waals surface area contributed by atoms with Gasteiger partial charge in [-0.3, -0.25) is 9.59 Å². The van der Waals surface area contributed by atoms with Gasteiger partial charge in [-0.25, -0.2) is 0 Å². The van der Waals surface area contributed by atoms with Gasteiger partial charge in [0.25, 0.3) is 0 Å². The Morgan fingerprint density at radius 1 is 0.967 bits per heavy atom. The molecule has 2 aromatic carbocycles. The van der Waals surface area contributed by atoms with E-state index in [-0.39, 0.29) is 6.04 Å². The van der Waals surface area contributed by atoms with E-state index in [1.807, 2.05) is 31.2 Å². The molecule has 6 heteroatoms. The lowest BCUT2D eigenvalue weighted by molar-refractivity contribution is -0.136. The Kier molecular flexibility index (Phi) is 6.33. The molecule has 2 amide bonds. The third-order valence-electron chi connectivity index (χ3n) is 5.93. The van der Waals surface area contributed by atoms with Gasteiger partial charge < -0.3 is 20.3 Å². The van der Waals surface area contributed by atoms with Crippen LogP contribution in [0, 0.1) is 0 Å². The second-order valence-electron chi connectivity index (χ2n) is 8.00. The molecule has 1 aliphatic carbocycles. The molecular weight excluding hydrogens is 378 g/mol. The van der Waals surface area contributed by atoms with E-state index < -0.39 is 11.8 Å². The number of aryl methyl sites for hydroxylation is 2. The average Bonchev–Trinajstić information content (AvgIpc) is 2.79. The molecule has 1 heterocycles. The zero-order valence-corrected chi connectivity index (χ0v) is 17.4. The van der Waals surface area contributed by atoms with Crippen molar-refractivity contribution in [1.82, 2.24) is 5.32 Å². The van der Waals surface area contributed by atoms with Crippen LogP contribution in [0.1, 0.15) is 42.5 Å². The van der Waals surface area contributed by atoms with E-state index in [0.29, 0.717) is 18.9 Å². The number of carbonyl (C=O) groups excluding carboxylic acids is 2. The van der Waals surface area contributed by atoms with Crippen molar-refractivity contribution in [3.8, 4) is 0 Å². The first-order valence-corrected chi connectivity index (χ1v) is 10.8. The van der Waals surface area contributed by atoms with Gasteiger partial charge in [-0.05, 0) is 61.4 Å². The summed E-state index contributed by atoms with van der Waals surface area (Å²) in [4.78, 5) is 27.3. The number of nitrogens with one attached hydrogen (secondary N) is 2. The van der Waals surface area contributed by atoms with E-state index in [2.05, 4.69) is 33.7 Å². The summed E-state index contributed by atoms with van der Waals surface area (Å²) in [7, 11) is 0. The zero-order chi connectivity index (χ0) is 20.9. The van der Waals surface area contributed by atoms with Crippen molar-refractivity contribution in [2.75, 3.05) is 36.5 Å². The lowest BCUT2D eigenvalue weighted by atomic mass is 9.89. The average molecular weight is 408 g/mol. The summed E-state index contributed by atoms with van der Waals surface area (Å²) in [5.74, 6) is -1.28. The number of fused-ring (bicyclic) bond motifs is 1. The zero-order valence-electron chi connectivity index (χ0n) is 17.4. The first kappa shape index (κ1) is 20.4. The van der Waals surface area contributed by atoms with E-state index in [9.17, 15) is 9.59 Å². The van der Waals surface area contributed by atoms with Crippen molar-refractivity contribution < 1.29 is 14.3 Å². The molecule has 1 aliphatic heterocycles. The Bertz CT molecular complexity index is 922. The number of anilines is 2. The quantitative estimate of drug-likeness (QED) is 0.764. The van der Waals surface area contributed by atoms with E-state index in [4.69, 9.17) is 4.74 Å². The number of carbonyl (C=O) groups is 2. The fourth-order valence-electron chi connectivity index (χ4n) is 4.21. The number of rotatable bonds is 4. The highest BCUT2D eigenvalue weighted by Crippen LogP contribution is 2.27. The second-order valence-corrected chi connectivity index (χ2v) is 8.00. The highest BCUT2D eigenvalue weighted by atomic mass is 16.5. The van der Waals surface area contributed by atoms with Gasteiger partial charge in [-0.2, -0.15) is 0 Å². The maximum absolute atomic E-state index is 12.6. The minimum Gasteiger partial charge on any atom is -0.378 e. The van der Waals surface area contributed by atoms with Crippen LogP contribution < -0.4 is 15.5 Å². The third kappa shape index (κ3) is 4.65. The molecule has 0 bridgehead atoms. The summed E-state index contributed by atoms with van der Waals surface area (Å²) in [6, 6.07) is 13.7. The largest absolute Gasteiger partial charge is 0.378 e. The Morgan fingerprint density at radius 2 is 1.70 bits per heavy atom. The first-order valence-electron chi connectivity index (χ1n) is 10.8. The molecule has 158 valence electrons. The summed E-state index contributed by atoms with van der Waals surface area (Å²) < 4.78 is 5.41. The van der Waals surface area contributed by atoms with E-state index in [0.717, 1.165) is 37.2 Å². The molecule has 0 radical (unpaired) electrons. The molecule has 1 unspecified atom stereocenters. The molecule has 2 aliphatic rings. The summed E-state index contributed by atoms with van der Waals surface area (Å²) in [5, 5.41) is 5.62. The van der Waals surface area contributed by atoms with Crippen LogP contribution in [0.5, 0.6) is 0 Å². The molecule has 1 saturated heterocycles. The van der Waals surface area contributed by atoms with Gasteiger partial charge in [0.2, 0.25) is 0 Å². The number of ether oxygens (including phenoxy) is 1. The monoisotopic (exact) mass is 407 g/mol. The number of amides is 2. The van der Waals surface area contributed by atoms with Crippen LogP contribution in [-0.4, -0.2) is 38.1 Å². The molecule has 30 heavy (non-hydrogen) atoms. The molecule has 0 spiro atoms. The van der Waals surface area contributed by atoms with Crippen LogP contribution in [0.2, 0.25) is 0 Å². The van der Waals surface area contributed by atoms with Crippen molar-refractivity contribution in [1.29, 1.82) is 0 Å². The maximum Gasteiger partial charge on any atom is 0.313 e. The van der Waals surface area contributed by atoms with E-state index in [1.54, 1.807) is 0 Å². The normalized spacial score (nSPS) is 17.0. The van der Waals surface area contributed by atoms with Crippen molar-refractivity contribution >= 4 is 23.2 Å². The minimum absolute atomic E-state index is 0.232. The molecular formula is C24H29N3O3. The van der Waals surface area contributed by atoms with Crippen LogP contribution >= 0.6 is 0 Å². The van der Waals surface area contributed by atoms with Gasteiger partial charge in [0, 0.05) is 13.1 Å². The lowest BCUT2D eigenvalue weighted by Gasteiger charge is -2.30. The number of benzene rings is 2. The van der Waals surface area contributed by atoms with Crippen molar-refractivity contribution in [3.63, 3.8) is 0 Å². The number of hydrogen-bond acceptors (Lipinski definition) is 4. The van der Waals surface area contributed by atoms with Gasteiger partial charge in [0.05, 0.1) is 30.6 Å². The highest BCUT2D eigenvalue weighted by molar-refractivity contribution is 6.40. The molecule has 0 saturated carbocycles. The minimum atomic E-state index is -0.652. The van der Waals surface area contributed by atoms with Crippen LogP contribution in [0.25, 0.3) is 0 Å². The maximum atomic E-state index is 12.6. The molecule has 1 atom stereocenters. The van der Waals surface area contributed by atoms with Gasteiger partial charge >= 0.3 is 11.8 Å². The predicted octanol–water partition coefficient (Wildman–Crippen LogP) is 3.22. The van der Waals surface area contributed by atoms with Crippen molar-refractivity contribution in [2.45, 2.75) is 38.6 Å². The number of para-hydroxylation sites is 2. The van der Waals surface area contributed by atoms with E-state index >= 15 is 0 Å². The Hall–Kier alpha value is -2.86. The van der Waals surface area contributed by atoms with Crippen LogP contribution in [0.3, 0.4) is 0 Å². The SMILES string of the molecule is CC(NC(=O)C(=O)Nc1ccccc1N1CCOCC1)c1ccc2c(c1)CCCC2. The number of nitrogens with zero attached hydrogens (tertiary/aromatic N) is 1. The summed E-state index contributed by atoms with van der Waals surface area (Å²) >= 11 is 0. The topological polar surface area (TPSA) is 70.7 Å². The molecule has 2 aromatic rings. The highest BCUT2D eigenvalue weighted by Gasteiger charge is 2.21. The van der Waals surface area contributed by atoms with Gasteiger partial charge in [-0.1, -0.05) is 30.3 Å². The fraction of sp³-hybridized carbons (Fsp3) is 0.417. The summed E-state index contributed by atoms with van der Waals surface area (Å²) in [6.07, 6.45) is 4.66. The van der Waals surface area contributed by atoms with Gasteiger partial charge in [0.15, 0.2) is 0 Å². The Morgan fingerprint density at radius 3 is 2.50 bits per heavy atom. The summed E-state index contributed by atoms with van der Waals surface area (Å²) in [6.45, 7) is 4.74.